The Morgan fingerprint density at radius 3 is 2.74 bits per heavy atom. The molecule has 0 radical (unpaired) electrons. The molecule has 1 aromatic carbocycles. The van der Waals surface area contributed by atoms with E-state index in [9.17, 15) is 0 Å². The molecule has 0 spiro atoms. The highest BCUT2D eigenvalue weighted by Gasteiger charge is 2.05. The van der Waals surface area contributed by atoms with Gasteiger partial charge < -0.3 is 0 Å². The number of nitrogens with zero attached hydrogens (tertiary/aromatic N) is 4. The zero-order valence-electron chi connectivity index (χ0n) is 10.8. The van der Waals surface area contributed by atoms with Crippen LogP contribution in [-0.2, 0) is 0 Å². The van der Waals surface area contributed by atoms with Crippen molar-refractivity contribution in [1.29, 1.82) is 0 Å². The maximum atomic E-state index is 4.45. The molecule has 0 aliphatic heterocycles. The molecule has 96 valence electrons. The predicted octanol–water partition coefficient (Wildman–Crippen LogP) is 3.23. The summed E-state index contributed by atoms with van der Waals surface area (Å²) in [6, 6.07) is 8.42. The van der Waals surface area contributed by atoms with E-state index < -0.39 is 0 Å². The molecule has 0 aliphatic rings. The quantitative estimate of drug-likeness (QED) is 0.727. The minimum Gasteiger partial charge on any atom is -0.254 e. The standard InChI is InChI=1S/C14H14N4S/c1-9(2)10-3-4-13-11(5-10)6-12(7-15-13)18-8-14(19)16-17-18/h3-9,19H,1-2H3. The summed E-state index contributed by atoms with van der Waals surface area (Å²) in [7, 11) is 0. The van der Waals surface area contributed by atoms with Gasteiger partial charge in [0.15, 0.2) is 0 Å². The van der Waals surface area contributed by atoms with E-state index in [1.807, 2.05) is 0 Å². The first-order chi connectivity index (χ1) is 9.13. The van der Waals surface area contributed by atoms with Gasteiger partial charge in [0.1, 0.15) is 5.03 Å². The maximum absolute atomic E-state index is 4.45. The molecule has 0 fully saturated rings. The van der Waals surface area contributed by atoms with E-state index in [1.54, 1.807) is 17.1 Å². The van der Waals surface area contributed by atoms with E-state index in [0.29, 0.717) is 10.9 Å². The first kappa shape index (κ1) is 12.2. The number of hydrogen-bond donors (Lipinski definition) is 1. The molecule has 0 bridgehead atoms. The molecule has 0 unspecified atom stereocenters. The largest absolute Gasteiger partial charge is 0.254 e. The second-order valence-corrected chi connectivity index (χ2v) is 5.28. The fraction of sp³-hybridized carbons (Fsp3) is 0.214. The van der Waals surface area contributed by atoms with Crippen molar-refractivity contribution in [3.8, 4) is 5.69 Å². The summed E-state index contributed by atoms with van der Waals surface area (Å²) in [5, 5.41) is 9.57. The first-order valence-electron chi connectivity index (χ1n) is 6.15. The average molecular weight is 270 g/mol. The third kappa shape index (κ3) is 2.33. The van der Waals surface area contributed by atoms with E-state index in [0.717, 1.165) is 16.6 Å². The molecule has 0 saturated carbocycles. The van der Waals surface area contributed by atoms with Crippen molar-refractivity contribution in [2.24, 2.45) is 0 Å². The number of aromatic nitrogens is 4. The smallest absolute Gasteiger partial charge is 0.136 e. The fourth-order valence-corrected chi connectivity index (χ4v) is 2.15. The number of thiol groups is 1. The summed E-state index contributed by atoms with van der Waals surface area (Å²) in [5.74, 6) is 0.503. The zero-order chi connectivity index (χ0) is 13.4. The van der Waals surface area contributed by atoms with Crippen molar-refractivity contribution in [2.45, 2.75) is 24.8 Å². The Kier molecular flexibility index (Phi) is 2.98. The molecule has 0 atom stereocenters. The van der Waals surface area contributed by atoms with Crippen LogP contribution in [0.1, 0.15) is 25.3 Å². The minimum absolute atomic E-state index is 0.503. The summed E-state index contributed by atoms with van der Waals surface area (Å²) in [5.41, 5.74) is 3.18. The van der Waals surface area contributed by atoms with Crippen LogP contribution in [0, 0.1) is 0 Å². The number of fused-ring (bicyclic) bond motifs is 1. The van der Waals surface area contributed by atoms with Gasteiger partial charge in [0, 0.05) is 5.39 Å². The molecule has 19 heavy (non-hydrogen) atoms. The van der Waals surface area contributed by atoms with Crippen molar-refractivity contribution in [3.63, 3.8) is 0 Å². The van der Waals surface area contributed by atoms with Gasteiger partial charge in [-0.1, -0.05) is 25.1 Å². The van der Waals surface area contributed by atoms with Gasteiger partial charge in [-0.2, -0.15) is 0 Å². The highest BCUT2D eigenvalue weighted by molar-refractivity contribution is 7.80. The van der Waals surface area contributed by atoms with Gasteiger partial charge in [0.25, 0.3) is 0 Å². The molecule has 3 aromatic rings. The van der Waals surface area contributed by atoms with E-state index in [2.05, 4.69) is 66.0 Å². The molecule has 4 nitrogen and oxygen atoms in total. The van der Waals surface area contributed by atoms with E-state index in [1.165, 1.54) is 5.56 Å². The molecule has 3 rings (SSSR count). The van der Waals surface area contributed by atoms with Crippen LogP contribution in [0.5, 0.6) is 0 Å². The number of benzene rings is 1. The summed E-state index contributed by atoms with van der Waals surface area (Å²) >= 11 is 4.16. The third-order valence-electron chi connectivity index (χ3n) is 3.10. The fourth-order valence-electron chi connectivity index (χ4n) is 2.00. The Hall–Kier alpha value is -1.88. The molecule has 0 aliphatic carbocycles. The zero-order valence-corrected chi connectivity index (χ0v) is 11.7. The Morgan fingerprint density at radius 1 is 1.21 bits per heavy atom. The average Bonchev–Trinajstić information content (AvgIpc) is 2.84. The molecule has 2 aromatic heterocycles. The maximum Gasteiger partial charge on any atom is 0.136 e. The van der Waals surface area contributed by atoms with Crippen LogP contribution in [0.25, 0.3) is 16.6 Å². The molecular weight excluding hydrogens is 256 g/mol. The summed E-state index contributed by atoms with van der Waals surface area (Å²) < 4.78 is 1.68. The van der Waals surface area contributed by atoms with Crippen LogP contribution in [0.4, 0.5) is 0 Å². The normalized spacial score (nSPS) is 11.4. The van der Waals surface area contributed by atoms with Gasteiger partial charge in [0.05, 0.1) is 23.6 Å². The van der Waals surface area contributed by atoms with Crippen LogP contribution in [0.3, 0.4) is 0 Å². The third-order valence-corrected chi connectivity index (χ3v) is 3.31. The Balaban J connectivity index is 2.13. The molecule has 0 saturated heterocycles. The number of rotatable bonds is 2. The second kappa shape index (κ2) is 4.66. The van der Waals surface area contributed by atoms with Crippen molar-refractivity contribution in [1.82, 2.24) is 20.0 Å². The van der Waals surface area contributed by atoms with Gasteiger partial charge in [-0.25, -0.2) is 4.68 Å². The summed E-state index contributed by atoms with van der Waals surface area (Å²) in [6.07, 6.45) is 3.55. The molecule has 0 N–H and O–H groups in total. The SMILES string of the molecule is CC(C)c1ccc2ncc(-n3cc(S)nn3)cc2c1. The van der Waals surface area contributed by atoms with Gasteiger partial charge in [-0.15, -0.1) is 17.7 Å². The lowest BCUT2D eigenvalue weighted by Crippen LogP contribution is -1.96. The van der Waals surface area contributed by atoms with Crippen molar-refractivity contribution < 1.29 is 0 Å². The van der Waals surface area contributed by atoms with Gasteiger partial charge in [0.2, 0.25) is 0 Å². The highest BCUT2D eigenvalue weighted by atomic mass is 32.1. The topological polar surface area (TPSA) is 43.6 Å². The van der Waals surface area contributed by atoms with Crippen molar-refractivity contribution in [2.75, 3.05) is 0 Å². The van der Waals surface area contributed by atoms with E-state index >= 15 is 0 Å². The Bertz CT molecular complexity index is 733. The van der Waals surface area contributed by atoms with Crippen LogP contribution in [0.15, 0.2) is 41.7 Å². The highest BCUT2D eigenvalue weighted by Crippen LogP contribution is 2.22. The molecule has 0 amide bonds. The lowest BCUT2D eigenvalue weighted by molar-refractivity contribution is 0.795. The van der Waals surface area contributed by atoms with E-state index in [4.69, 9.17) is 0 Å². The summed E-state index contributed by atoms with van der Waals surface area (Å²) in [4.78, 5) is 4.45. The van der Waals surface area contributed by atoms with Crippen LogP contribution < -0.4 is 0 Å². The minimum atomic E-state index is 0.503. The van der Waals surface area contributed by atoms with Crippen LogP contribution in [0.2, 0.25) is 0 Å². The molecule has 2 heterocycles. The first-order valence-corrected chi connectivity index (χ1v) is 6.59. The summed E-state index contributed by atoms with van der Waals surface area (Å²) in [6.45, 7) is 4.37. The van der Waals surface area contributed by atoms with Crippen LogP contribution in [-0.4, -0.2) is 20.0 Å². The Labute approximate surface area is 116 Å². The number of hydrogen-bond acceptors (Lipinski definition) is 4. The predicted molar refractivity (Wildman–Crippen MR) is 78.0 cm³/mol. The monoisotopic (exact) mass is 270 g/mol. The lowest BCUT2D eigenvalue weighted by Gasteiger charge is -2.07. The van der Waals surface area contributed by atoms with Gasteiger partial charge >= 0.3 is 0 Å². The van der Waals surface area contributed by atoms with Gasteiger partial charge in [-0.3, -0.25) is 4.98 Å². The van der Waals surface area contributed by atoms with E-state index in [-0.39, 0.29) is 0 Å². The second-order valence-electron chi connectivity index (χ2n) is 4.82. The molecular formula is C14H14N4S. The molecule has 5 heteroatoms. The number of pyridine rings is 1. The van der Waals surface area contributed by atoms with Crippen LogP contribution >= 0.6 is 12.6 Å². The lowest BCUT2D eigenvalue weighted by atomic mass is 10.0. The van der Waals surface area contributed by atoms with Crippen molar-refractivity contribution >= 4 is 23.5 Å². The Morgan fingerprint density at radius 2 is 2.05 bits per heavy atom. The van der Waals surface area contributed by atoms with Gasteiger partial charge in [-0.05, 0) is 29.7 Å². The van der Waals surface area contributed by atoms with Crippen molar-refractivity contribution in [3.05, 3.63) is 42.2 Å².